The van der Waals surface area contributed by atoms with Gasteiger partial charge >= 0.3 is 0 Å². The molecular formula is C17H27N3O. The van der Waals surface area contributed by atoms with Crippen LogP contribution >= 0.6 is 0 Å². The third-order valence-electron chi connectivity index (χ3n) is 4.15. The summed E-state index contributed by atoms with van der Waals surface area (Å²) in [6.45, 7) is 7.19. The van der Waals surface area contributed by atoms with Gasteiger partial charge in [-0.15, -0.1) is 0 Å². The van der Waals surface area contributed by atoms with Crippen LogP contribution < -0.4 is 10.6 Å². The fourth-order valence-corrected chi connectivity index (χ4v) is 2.76. The van der Waals surface area contributed by atoms with Crippen molar-refractivity contribution < 1.29 is 4.79 Å². The van der Waals surface area contributed by atoms with Gasteiger partial charge in [-0.05, 0) is 64.9 Å². The van der Waals surface area contributed by atoms with E-state index in [1.165, 1.54) is 24.9 Å². The second kappa shape index (κ2) is 7.57. The number of nitrogens with one attached hydrogen (secondary N) is 2. The van der Waals surface area contributed by atoms with Crippen LogP contribution in [0, 0.1) is 12.8 Å². The molecule has 1 aromatic carbocycles. The Morgan fingerprint density at radius 1 is 1.38 bits per heavy atom. The van der Waals surface area contributed by atoms with E-state index in [0.29, 0.717) is 5.92 Å². The van der Waals surface area contributed by atoms with Crippen molar-refractivity contribution in [3.8, 4) is 0 Å². The molecule has 4 heteroatoms. The van der Waals surface area contributed by atoms with Gasteiger partial charge in [-0.2, -0.15) is 0 Å². The Balaban J connectivity index is 1.75. The van der Waals surface area contributed by atoms with Crippen molar-refractivity contribution in [2.45, 2.75) is 32.7 Å². The normalized spacial score (nSPS) is 21.0. The third-order valence-corrected chi connectivity index (χ3v) is 4.15. The largest absolute Gasteiger partial charge is 0.325 e. The number of anilines is 1. The average molecular weight is 289 g/mol. The monoisotopic (exact) mass is 289 g/mol. The fourth-order valence-electron chi connectivity index (χ4n) is 2.76. The van der Waals surface area contributed by atoms with E-state index in [-0.39, 0.29) is 11.9 Å². The minimum absolute atomic E-state index is 0.0306. The first-order chi connectivity index (χ1) is 10.0. The predicted octanol–water partition coefficient (Wildman–Crippen LogP) is 2.25. The molecule has 1 amide bonds. The topological polar surface area (TPSA) is 44.4 Å². The van der Waals surface area contributed by atoms with Crippen LogP contribution in [0.5, 0.6) is 0 Å². The first-order valence-corrected chi connectivity index (χ1v) is 7.84. The second-order valence-corrected chi connectivity index (χ2v) is 6.26. The number of nitrogens with zero attached hydrogens (tertiary/aromatic N) is 1. The summed E-state index contributed by atoms with van der Waals surface area (Å²) < 4.78 is 0. The number of hydrogen-bond acceptors (Lipinski definition) is 3. The summed E-state index contributed by atoms with van der Waals surface area (Å²) in [5.41, 5.74) is 2.05. The lowest BCUT2D eigenvalue weighted by Gasteiger charge is -2.30. The highest BCUT2D eigenvalue weighted by atomic mass is 16.2. The Kier molecular flexibility index (Phi) is 5.76. The third kappa shape index (κ3) is 5.14. The van der Waals surface area contributed by atoms with Crippen LogP contribution in [0.25, 0.3) is 0 Å². The molecule has 2 unspecified atom stereocenters. The van der Waals surface area contributed by atoms with Crippen LogP contribution in [0.4, 0.5) is 5.69 Å². The minimum atomic E-state index is -0.168. The van der Waals surface area contributed by atoms with E-state index in [9.17, 15) is 4.79 Å². The maximum absolute atomic E-state index is 12.2. The Morgan fingerprint density at radius 3 is 2.76 bits per heavy atom. The molecule has 116 valence electrons. The maximum atomic E-state index is 12.2. The average Bonchev–Trinajstić information content (AvgIpc) is 2.47. The number of carbonyl (C=O) groups is 1. The first-order valence-electron chi connectivity index (χ1n) is 7.84. The van der Waals surface area contributed by atoms with Crippen LogP contribution in [0.1, 0.15) is 25.3 Å². The van der Waals surface area contributed by atoms with Crippen molar-refractivity contribution in [1.82, 2.24) is 10.2 Å². The Bertz CT molecular complexity index is 458. The lowest BCUT2D eigenvalue weighted by molar-refractivity contribution is -0.117. The summed E-state index contributed by atoms with van der Waals surface area (Å²) in [5, 5.41) is 6.32. The maximum Gasteiger partial charge on any atom is 0.241 e. The molecule has 1 heterocycles. The Morgan fingerprint density at radius 2 is 2.10 bits per heavy atom. The highest BCUT2D eigenvalue weighted by molar-refractivity contribution is 5.94. The van der Waals surface area contributed by atoms with Crippen molar-refractivity contribution in [2.24, 2.45) is 5.92 Å². The number of aryl methyl sites for hydroxylation is 1. The number of likely N-dealkylation sites (tertiary alicyclic amines) is 1. The van der Waals surface area contributed by atoms with Crippen molar-refractivity contribution in [1.29, 1.82) is 0 Å². The number of rotatable bonds is 5. The van der Waals surface area contributed by atoms with Gasteiger partial charge in [0.1, 0.15) is 0 Å². The van der Waals surface area contributed by atoms with E-state index < -0.39 is 0 Å². The summed E-state index contributed by atoms with van der Waals surface area (Å²) in [6.07, 6.45) is 2.51. The molecule has 0 aliphatic carbocycles. The van der Waals surface area contributed by atoms with Gasteiger partial charge in [-0.1, -0.05) is 17.7 Å². The van der Waals surface area contributed by atoms with Gasteiger partial charge < -0.3 is 15.5 Å². The Hall–Kier alpha value is -1.39. The predicted molar refractivity (Wildman–Crippen MR) is 87.5 cm³/mol. The molecule has 0 saturated carbocycles. The number of amides is 1. The van der Waals surface area contributed by atoms with Gasteiger partial charge in [0, 0.05) is 12.2 Å². The number of carbonyl (C=O) groups excluding carboxylic acids is 1. The van der Waals surface area contributed by atoms with Gasteiger partial charge in [0.2, 0.25) is 5.91 Å². The molecule has 1 aliphatic rings. The van der Waals surface area contributed by atoms with E-state index in [1.54, 1.807) is 0 Å². The van der Waals surface area contributed by atoms with Crippen molar-refractivity contribution >= 4 is 11.6 Å². The Labute approximate surface area is 127 Å². The number of piperidine rings is 1. The summed E-state index contributed by atoms with van der Waals surface area (Å²) in [6, 6.07) is 7.72. The molecule has 2 rings (SSSR count). The highest BCUT2D eigenvalue weighted by Gasteiger charge is 2.19. The summed E-state index contributed by atoms with van der Waals surface area (Å²) in [4.78, 5) is 14.5. The minimum Gasteiger partial charge on any atom is -0.325 e. The van der Waals surface area contributed by atoms with Crippen molar-refractivity contribution in [3.63, 3.8) is 0 Å². The van der Waals surface area contributed by atoms with Gasteiger partial charge in [-0.3, -0.25) is 4.79 Å². The molecule has 1 fully saturated rings. The van der Waals surface area contributed by atoms with Crippen LogP contribution in [0.2, 0.25) is 0 Å². The van der Waals surface area contributed by atoms with E-state index in [4.69, 9.17) is 0 Å². The van der Waals surface area contributed by atoms with Crippen LogP contribution in [-0.4, -0.2) is 43.5 Å². The molecule has 0 radical (unpaired) electrons. The molecule has 1 saturated heterocycles. The van der Waals surface area contributed by atoms with Gasteiger partial charge in [0.05, 0.1) is 6.04 Å². The second-order valence-electron chi connectivity index (χ2n) is 6.26. The smallest absolute Gasteiger partial charge is 0.241 e. The molecular weight excluding hydrogens is 262 g/mol. The zero-order valence-corrected chi connectivity index (χ0v) is 13.4. The van der Waals surface area contributed by atoms with Crippen molar-refractivity contribution in [3.05, 3.63) is 29.8 Å². The van der Waals surface area contributed by atoms with Crippen LogP contribution in [-0.2, 0) is 4.79 Å². The van der Waals surface area contributed by atoms with Gasteiger partial charge in [-0.25, -0.2) is 0 Å². The molecule has 0 bridgehead atoms. The highest BCUT2D eigenvalue weighted by Crippen LogP contribution is 2.14. The zero-order valence-electron chi connectivity index (χ0n) is 13.4. The summed E-state index contributed by atoms with van der Waals surface area (Å²) >= 11 is 0. The van der Waals surface area contributed by atoms with E-state index >= 15 is 0 Å². The van der Waals surface area contributed by atoms with E-state index in [0.717, 1.165) is 18.8 Å². The molecule has 4 nitrogen and oxygen atoms in total. The lowest BCUT2D eigenvalue weighted by Crippen LogP contribution is -2.43. The van der Waals surface area contributed by atoms with Gasteiger partial charge in [0.25, 0.3) is 0 Å². The number of hydrogen-bond donors (Lipinski definition) is 2. The molecule has 1 aromatic rings. The van der Waals surface area contributed by atoms with E-state index in [2.05, 4.69) is 22.6 Å². The fraction of sp³-hybridized carbons (Fsp3) is 0.588. The van der Waals surface area contributed by atoms with Crippen molar-refractivity contribution in [2.75, 3.05) is 32.0 Å². The number of benzene rings is 1. The zero-order chi connectivity index (χ0) is 15.2. The van der Waals surface area contributed by atoms with Crippen LogP contribution in [0.3, 0.4) is 0 Å². The lowest BCUT2D eigenvalue weighted by atomic mass is 9.98. The quantitative estimate of drug-likeness (QED) is 0.874. The van der Waals surface area contributed by atoms with E-state index in [1.807, 2.05) is 38.1 Å². The summed E-state index contributed by atoms with van der Waals surface area (Å²) in [7, 11) is 2.17. The molecule has 0 spiro atoms. The van der Waals surface area contributed by atoms with Crippen LogP contribution in [0.15, 0.2) is 24.3 Å². The molecule has 1 aliphatic heterocycles. The molecule has 2 atom stereocenters. The van der Waals surface area contributed by atoms with Gasteiger partial charge in [0.15, 0.2) is 0 Å². The standard InChI is InChI=1S/C17H27N3O/c1-13-6-8-16(9-7-13)19-17(21)14(2)18-11-15-5-4-10-20(3)12-15/h6-9,14-15,18H,4-5,10-12H2,1-3H3,(H,19,21). The first kappa shape index (κ1) is 16.0. The summed E-state index contributed by atoms with van der Waals surface area (Å²) in [5.74, 6) is 0.682. The molecule has 21 heavy (non-hydrogen) atoms. The SMILES string of the molecule is Cc1ccc(NC(=O)C(C)NCC2CCCN(C)C2)cc1. The molecule has 0 aromatic heterocycles. The molecule has 2 N–H and O–H groups in total.